The molecule has 3 aromatic rings. The van der Waals surface area contributed by atoms with Crippen LogP contribution in [0.1, 0.15) is 11.4 Å². The van der Waals surface area contributed by atoms with Crippen molar-refractivity contribution < 1.29 is 4.92 Å². The van der Waals surface area contributed by atoms with Crippen LogP contribution in [0.2, 0.25) is 0 Å². The number of nitrogens with zero attached hydrogens (tertiary/aromatic N) is 4. The van der Waals surface area contributed by atoms with E-state index in [1.54, 1.807) is 12.3 Å². The van der Waals surface area contributed by atoms with Gasteiger partial charge in [-0.25, -0.2) is 4.98 Å². The molecule has 0 aliphatic carbocycles. The van der Waals surface area contributed by atoms with Crippen LogP contribution in [0.15, 0.2) is 48.7 Å². The van der Waals surface area contributed by atoms with Gasteiger partial charge in [-0.2, -0.15) is 0 Å². The molecule has 0 fully saturated rings. The number of aromatic nitrogens is 2. The van der Waals surface area contributed by atoms with Gasteiger partial charge >= 0.3 is 0 Å². The SMILES string of the molecule is Cc1cc(N(C)Cc2ccccn2)c2cccc([N+](=O)[O-])c2n1. The molecule has 0 aliphatic heterocycles. The van der Waals surface area contributed by atoms with Crippen LogP contribution in [0.4, 0.5) is 11.4 Å². The van der Waals surface area contributed by atoms with Gasteiger partial charge in [0.1, 0.15) is 0 Å². The Kier molecular flexibility index (Phi) is 3.89. The van der Waals surface area contributed by atoms with Gasteiger partial charge in [-0.15, -0.1) is 0 Å². The van der Waals surface area contributed by atoms with E-state index in [1.165, 1.54) is 6.07 Å². The minimum atomic E-state index is -0.392. The van der Waals surface area contributed by atoms with Crippen LogP contribution >= 0.6 is 0 Å². The number of rotatable bonds is 4. The standard InChI is InChI=1S/C17H16N4O2/c1-12-10-16(20(2)11-13-6-3-4-9-18-13)14-7-5-8-15(21(22)23)17(14)19-12/h3-10H,11H2,1-2H3. The lowest BCUT2D eigenvalue weighted by Crippen LogP contribution is -2.18. The second-order valence-corrected chi connectivity index (χ2v) is 5.39. The molecule has 0 saturated heterocycles. The third-order valence-electron chi connectivity index (χ3n) is 3.66. The van der Waals surface area contributed by atoms with Crippen molar-refractivity contribution in [2.45, 2.75) is 13.5 Å². The van der Waals surface area contributed by atoms with Crippen LogP contribution in [-0.2, 0) is 6.54 Å². The molecular formula is C17H16N4O2. The maximum Gasteiger partial charge on any atom is 0.295 e. The first-order chi connectivity index (χ1) is 11.1. The highest BCUT2D eigenvalue weighted by molar-refractivity contribution is 5.97. The number of aryl methyl sites for hydroxylation is 1. The van der Waals surface area contributed by atoms with Crippen LogP contribution < -0.4 is 4.90 Å². The summed E-state index contributed by atoms with van der Waals surface area (Å²) in [5.41, 5.74) is 3.03. The summed E-state index contributed by atoms with van der Waals surface area (Å²) in [4.78, 5) is 21.6. The van der Waals surface area contributed by atoms with Crippen molar-refractivity contribution in [1.29, 1.82) is 0 Å². The highest BCUT2D eigenvalue weighted by Crippen LogP contribution is 2.32. The predicted molar refractivity (Wildman–Crippen MR) is 89.5 cm³/mol. The Morgan fingerprint density at radius 3 is 2.74 bits per heavy atom. The van der Waals surface area contributed by atoms with Crippen LogP contribution in [0.5, 0.6) is 0 Å². The van der Waals surface area contributed by atoms with E-state index in [4.69, 9.17) is 0 Å². The van der Waals surface area contributed by atoms with E-state index in [-0.39, 0.29) is 5.69 Å². The number of non-ortho nitro benzene ring substituents is 1. The lowest BCUT2D eigenvalue weighted by atomic mass is 10.1. The summed E-state index contributed by atoms with van der Waals surface area (Å²) in [5.74, 6) is 0. The monoisotopic (exact) mass is 308 g/mol. The molecule has 0 aliphatic rings. The molecule has 0 amide bonds. The molecule has 1 aromatic carbocycles. The second kappa shape index (κ2) is 6.00. The average Bonchev–Trinajstić information content (AvgIpc) is 2.54. The van der Waals surface area contributed by atoms with Crippen LogP contribution in [-0.4, -0.2) is 21.9 Å². The molecule has 0 saturated carbocycles. The summed E-state index contributed by atoms with van der Waals surface area (Å²) in [6, 6.07) is 12.7. The van der Waals surface area contributed by atoms with Crippen molar-refractivity contribution in [3.63, 3.8) is 0 Å². The van der Waals surface area contributed by atoms with Crippen molar-refractivity contribution in [1.82, 2.24) is 9.97 Å². The van der Waals surface area contributed by atoms with Crippen molar-refractivity contribution in [2.75, 3.05) is 11.9 Å². The molecule has 6 heteroatoms. The Hall–Kier alpha value is -3.02. The maximum absolute atomic E-state index is 11.2. The summed E-state index contributed by atoms with van der Waals surface area (Å²) < 4.78 is 0. The molecule has 2 heterocycles. The number of anilines is 1. The van der Waals surface area contributed by atoms with E-state index >= 15 is 0 Å². The summed E-state index contributed by atoms with van der Waals surface area (Å²) in [7, 11) is 1.95. The first kappa shape index (κ1) is 14.9. The summed E-state index contributed by atoms with van der Waals surface area (Å²) in [6.45, 7) is 2.45. The Balaban J connectivity index is 2.10. The van der Waals surface area contributed by atoms with Gasteiger partial charge in [0, 0.05) is 36.1 Å². The Labute approximate surface area is 133 Å². The number of fused-ring (bicyclic) bond motifs is 1. The van der Waals surface area contributed by atoms with E-state index in [1.807, 2.05) is 49.2 Å². The first-order valence-electron chi connectivity index (χ1n) is 7.22. The van der Waals surface area contributed by atoms with Gasteiger partial charge < -0.3 is 4.90 Å². The van der Waals surface area contributed by atoms with Crippen LogP contribution in [0.25, 0.3) is 10.9 Å². The van der Waals surface area contributed by atoms with Gasteiger partial charge in [-0.1, -0.05) is 18.2 Å². The van der Waals surface area contributed by atoms with E-state index in [0.717, 1.165) is 22.5 Å². The maximum atomic E-state index is 11.2. The number of nitro groups is 1. The molecule has 0 radical (unpaired) electrons. The number of hydrogen-bond donors (Lipinski definition) is 0. The number of hydrogen-bond acceptors (Lipinski definition) is 5. The Morgan fingerprint density at radius 1 is 1.22 bits per heavy atom. The van der Waals surface area contributed by atoms with Gasteiger partial charge in [0.25, 0.3) is 5.69 Å². The first-order valence-corrected chi connectivity index (χ1v) is 7.22. The fraction of sp³-hybridized carbons (Fsp3) is 0.176. The fourth-order valence-corrected chi connectivity index (χ4v) is 2.62. The molecular weight excluding hydrogens is 292 g/mol. The second-order valence-electron chi connectivity index (χ2n) is 5.39. The lowest BCUT2D eigenvalue weighted by molar-refractivity contribution is -0.383. The fourth-order valence-electron chi connectivity index (χ4n) is 2.62. The van der Waals surface area contributed by atoms with E-state index in [2.05, 4.69) is 9.97 Å². The lowest BCUT2D eigenvalue weighted by Gasteiger charge is -2.21. The van der Waals surface area contributed by atoms with E-state index in [9.17, 15) is 10.1 Å². The number of para-hydroxylation sites is 1. The summed E-state index contributed by atoms with van der Waals surface area (Å²) in [6.07, 6.45) is 1.75. The van der Waals surface area contributed by atoms with Gasteiger partial charge in [0.05, 0.1) is 17.2 Å². The minimum absolute atomic E-state index is 0.0266. The molecule has 6 nitrogen and oxygen atoms in total. The summed E-state index contributed by atoms with van der Waals surface area (Å²) in [5, 5.41) is 12.0. The topological polar surface area (TPSA) is 72.2 Å². The zero-order valence-corrected chi connectivity index (χ0v) is 12.9. The number of pyridine rings is 2. The quantitative estimate of drug-likeness (QED) is 0.545. The zero-order valence-electron chi connectivity index (χ0n) is 12.9. The smallest absolute Gasteiger partial charge is 0.295 e. The van der Waals surface area contributed by atoms with Crippen LogP contribution in [0, 0.1) is 17.0 Å². The van der Waals surface area contributed by atoms with E-state index < -0.39 is 4.92 Å². The summed E-state index contributed by atoms with van der Waals surface area (Å²) >= 11 is 0. The largest absolute Gasteiger partial charge is 0.368 e. The molecule has 0 spiro atoms. The Bertz CT molecular complexity index is 865. The third-order valence-corrected chi connectivity index (χ3v) is 3.66. The number of nitro benzene ring substituents is 1. The highest BCUT2D eigenvalue weighted by Gasteiger charge is 2.17. The van der Waals surface area contributed by atoms with Crippen molar-refractivity contribution >= 4 is 22.3 Å². The molecule has 0 atom stereocenters. The molecule has 0 bridgehead atoms. The van der Waals surface area contributed by atoms with E-state index in [0.29, 0.717) is 12.1 Å². The normalized spacial score (nSPS) is 10.7. The molecule has 23 heavy (non-hydrogen) atoms. The molecule has 0 unspecified atom stereocenters. The van der Waals surface area contributed by atoms with Gasteiger partial charge in [-0.3, -0.25) is 15.1 Å². The third kappa shape index (κ3) is 2.96. The van der Waals surface area contributed by atoms with Gasteiger partial charge in [0.2, 0.25) is 0 Å². The van der Waals surface area contributed by atoms with Crippen molar-refractivity contribution in [3.05, 3.63) is 70.2 Å². The predicted octanol–water partition coefficient (Wildman–Crippen LogP) is 3.48. The zero-order chi connectivity index (χ0) is 16.4. The Morgan fingerprint density at radius 2 is 2.04 bits per heavy atom. The minimum Gasteiger partial charge on any atom is -0.368 e. The highest BCUT2D eigenvalue weighted by atomic mass is 16.6. The molecule has 0 N–H and O–H groups in total. The molecule has 2 aromatic heterocycles. The average molecular weight is 308 g/mol. The number of benzene rings is 1. The van der Waals surface area contributed by atoms with Crippen molar-refractivity contribution in [2.24, 2.45) is 0 Å². The molecule has 116 valence electrons. The van der Waals surface area contributed by atoms with Crippen LogP contribution in [0.3, 0.4) is 0 Å². The van der Waals surface area contributed by atoms with Gasteiger partial charge in [-0.05, 0) is 25.1 Å². The van der Waals surface area contributed by atoms with Crippen molar-refractivity contribution in [3.8, 4) is 0 Å². The van der Waals surface area contributed by atoms with Gasteiger partial charge in [0.15, 0.2) is 5.52 Å². The molecule has 3 rings (SSSR count).